The molecule has 1 aromatic heterocycles. The van der Waals surface area contributed by atoms with Crippen LogP contribution < -0.4 is 5.32 Å². The molecule has 0 saturated carbocycles. The molecule has 0 aliphatic rings. The maximum atomic E-state index is 12.4. The van der Waals surface area contributed by atoms with Gasteiger partial charge in [-0.05, 0) is 29.0 Å². The molecule has 0 unspecified atom stereocenters. The van der Waals surface area contributed by atoms with E-state index >= 15 is 0 Å². The Balaban J connectivity index is 1.91. The zero-order valence-corrected chi connectivity index (χ0v) is 16.8. The highest BCUT2D eigenvalue weighted by molar-refractivity contribution is 6.03. The predicted octanol–water partition coefficient (Wildman–Crippen LogP) is 4.90. The zero-order chi connectivity index (χ0) is 21.6. The smallest absolute Gasteiger partial charge is 0.262 e. The topological polar surface area (TPSA) is 70.7 Å². The summed E-state index contributed by atoms with van der Waals surface area (Å²) >= 11 is 0. The summed E-state index contributed by atoms with van der Waals surface area (Å²) in [4.78, 5) is 12.4. The second-order valence-electron chi connectivity index (χ2n) is 6.91. The molecule has 0 fully saturated rings. The van der Waals surface area contributed by atoms with Gasteiger partial charge < -0.3 is 5.32 Å². The van der Waals surface area contributed by atoms with Crippen LogP contribution in [0.4, 0.5) is 0 Å². The van der Waals surface area contributed by atoms with Crippen LogP contribution in [0.5, 0.6) is 0 Å². The molecule has 3 aromatic carbocycles. The van der Waals surface area contributed by atoms with E-state index in [2.05, 4.69) is 11.9 Å². The van der Waals surface area contributed by atoms with Gasteiger partial charge in [0.1, 0.15) is 17.3 Å². The van der Waals surface area contributed by atoms with Crippen LogP contribution in [0.25, 0.3) is 33.8 Å². The summed E-state index contributed by atoms with van der Waals surface area (Å²) in [5.41, 5.74) is 3.22. The van der Waals surface area contributed by atoms with Gasteiger partial charge in [0.15, 0.2) is 0 Å². The molecule has 4 rings (SSSR count). The minimum atomic E-state index is -0.446. The van der Waals surface area contributed by atoms with Crippen molar-refractivity contribution in [3.05, 3.63) is 103 Å². The molecule has 0 saturated heterocycles. The van der Waals surface area contributed by atoms with Gasteiger partial charge >= 0.3 is 0 Å². The number of benzene rings is 3. The molecule has 150 valence electrons. The molecule has 1 heterocycles. The van der Waals surface area contributed by atoms with E-state index in [1.807, 2.05) is 85.1 Å². The molecule has 31 heavy (non-hydrogen) atoms. The summed E-state index contributed by atoms with van der Waals surface area (Å²) in [6.07, 6.45) is 4.99. The first kappa shape index (κ1) is 19.9. The number of nitrogens with zero attached hydrogens (tertiary/aromatic N) is 3. The van der Waals surface area contributed by atoms with Crippen molar-refractivity contribution in [2.75, 3.05) is 6.54 Å². The fourth-order valence-corrected chi connectivity index (χ4v) is 3.41. The fraction of sp³-hybridized carbons (Fsp3) is 0.0385. The monoisotopic (exact) mass is 404 g/mol. The Labute approximate surface area is 180 Å². The van der Waals surface area contributed by atoms with Crippen molar-refractivity contribution in [3.8, 4) is 23.0 Å². The Morgan fingerprint density at radius 1 is 1.06 bits per heavy atom. The van der Waals surface area contributed by atoms with Crippen molar-refractivity contribution in [1.82, 2.24) is 15.1 Å². The van der Waals surface area contributed by atoms with E-state index in [-0.39, 0.29) is 12.1 Å². The largest absolute Gasteiger partial charge is 0.348 e. The summed E-state index contributed by atoms with van der Waals surface area (Å²) in [6.45, 7) is 3.88. The number of carbonyl (C=O) groups is 1. The van der Waals surface area contributed by atoms with Crippen molar-refractivity contribution < 1.29 is 4.79 Å². The molecule has 5 nitrogen and oxygen atoms in total. The molecular weight excluding hydrogens is 384 g/mol. The maximum Gasteiger partial charge on any atom is 0.262 e. The molecule has 1 N–H and O–H groups in total. The average molecular weight is 404 g/mol. The second-order valence-corrected chi connectivity index (χ2v) is 6.91. The molecule has 0 spiro atoms. The molecule has 5 heteroatoms. The highest BCUT2D eigenvalue weighted by atomic mass is 16.1. The normalized spacial score (nSPS) is 11.1. The summed E-state index contributed by atoms with van der Waals surface area (Å²) in [5.74, 6) is -0.446. The van der Waals surface area contributed by atoms with Crippen LogP contribution in [0.2, 0.25) is 0 Å². The van der Waals surface area contributed by atoms with Crippen molar-refractivity contribution >= 4 is 22.8 Å². The van der Waals surface area contributed by atoms with E-state index in [0.29, 0.717) is 11.3 Å². The van der Waals surface area contributed by atoms with Gasteiger partial charge in [-0.15, -0.1) is 6.58 Å². The van der Waals surface area contributed by atoms with Crippen LogP contribution in [0, 0.1) is 11.3 Å². The van der Waals surface area contributed by atoms with Crippen LogP contribution >= 0.6 is 0 Å². The third kappa shape index (κ3) is 4.14. The predicted molar refractivity (Wildman–Crippen MR) is 123 cm³/mol. The summed E-state index contributed by atoms with van der Waals surface area (Å²) in [7, 11) is 0. The number of nitrogens with one attached hydrogen (secondary N) is 1. The molecule has 0 radical (unpaired) electrons. The van der Waals surface area contributed by atoms with Crippen LogP contribution in [0.3, 0.4) is 0 Å². The lowest BCUT2D eigenvalue weighted by molar-refractivity contribution is -0.116. The highest BCUT2D eigenvalue weighted by Gasteiger charge is 2.16. The molecule has 1 amide bonds. The van der Waals surface area contributed by atoms with E-state index in [9.17, 15) is 10.1 Å². The molecule has 0 bridgehead atoms. The van der Waals surface area contributed by atoms with E-state index in [0.717, 1.165) is 22.0 Å². The highest BCUT2D eigenvalue weighted by Crippen LogP contribution is 2.31. The lowest BCUT2D eigenvalue weighted by Gasteiger charge is -2.06. The van der Waals surface area contributed by atoms with Crippen LogP contribution in [0.1, 0.15) is 5.56 Å². The van der Waals surface area contributed by atoms with Crippen LogP contribution in [-0.2, 0) is 4.79 Å². The first-order chi connectivity index (χ1) is 15.2. The quantitative estimate of drug-likeness (QED) is 0.282. The van der Waals surface area contributed by atoms with Gasteiger partial charge in [-0.2, -0.15) is 10.4 Å². The minimum absolute atomic E-state index is 0.0101. The number of fused-ring (bicyclic) bond motifs is 1. The van der Waals surface area contributed by atoms with Gasteiger partial charge in [0.05, 0.1) is 5.69 Å². The lowest BCUT2D eigenvalue weighted by atomic mass is 9.99. The summed E-state index contributed by atoms with van der Waals surface area (Å²) < 4.78 is 1.76. The minimum Gasteiger partial charge on any atom is -0.348 e. The number of rotatable bonds is 6. The third-order valence-corrected chi connectivity index (χ3v) is 4.88. The number of carbonyl (C=O) groups excluding carboxylic acids is 1. The fourth-order valence-electron chi connectivity index (χ4n) is 3.41. The molecule has 0 aliphatic carbocycles. The summed E-state index contributed by atoms with van der Waals surface area (Å²) in [5, 5.41) is 19.2. The van der Waals surface area contributed by atoms with Gasteiger partial charge in [0.2, 0.25) is 0 Å². The Hall–Kier alpha value is -4.43. The first-order valence-corrected chi connectivity index (χ1v) is 9.85. The Morgan fingerprint density at radius 3 is 2.58 bits per heavy atom. The van der Waals surface area contributed by atoms with Crippen molar-refractivity contribution in [1.29, 1.82) is 5.26 Å². The Morgan fingerprint density at radius 2 is 1.81 bits per heavy atom. The molecular formula is C26H20N4O. The zero-order valence-electron chi connectivity index (χ0n) is 16.8. The van der Waals surface area contributed by atoms with Gasteiger partial charge in [0, 0.05) is 23.9 Å². The number of nitriles is 1. The molecule has 0 aliphatic heterocycles. The van der Waals surface area contributed by atoms with E-state index < -0.39 is 5.91 Å². The third-order valence-electron chi connectivity index (χ3n) is 4.88. The number of amides is 1. The number of para-hydroxylation sites is 1. The number of hydrogen-bond donors (Lipinski definition) is 1. The van der Waals surface area contributed by atoms with E-state index in [4.69, 9.17) is 5.10 Å². The second kappa shape index (κ2) is 8.93. The van der Waals surface area contributed by atoms with Gasteiger partial charge in [-0.3, -0.25) is 4.79 Å². The maximum absolute atomic E-state index is 12.4. The average Bonchev–Trinajstić information content (AvgIpc) is 3.24. The Kier molecular flexibility index (Phi) is 5.72. The standard InChI is InChI=1S/C26H20N4O/c1-2-15-28-26(31)20(17-27)16-21-18-30(22-11-4-3-5-12-22)29-25(21)24-14-8-10-19-9-6-7-13-23(19)24/h2-14,16,18H,1,15H2,(H,28,31)/b20-16+. The van der Waals surface area contributed by atoms with Crippen molar-refractivity contribution in [2.24, 2.45) is 0 Å². The van der Waals surface area contributed by atoms with Gasteiger partial charge in [-0.25, -0.2) is 4.68 Å². The Bertz CT molecular complexity index is 1320. The number of aromatic nitrogens is 2. The SMILES string of the molecule is C=CCNC(=O)/C(C#N)=C/c1cn(-c2ccccc2)nc1-c1cccc2ccccc12. The molecule has 4 aromatic rings. The number of hydrogen-bond acceptors (Lipinski definition) is 3. The van der Waals surface area contributed by atoms with Gasteiger partial charge in [-0.1, -0.05) is 66.7 Å². The van der Waals surface area contributed by atoms with Gasteiger partial charge in [0.25, 0.3) is 5.91 Å². The lowest BCUT2D eigenvalue weighted by Crippen LogP contribution is -2.24. The van der Waals surface area contributed by atoms with E-state index in [1.54, 1.807) is 16.8 Å². The van der Waals surface area contributed by atoms with Crippen molar-refractivity contribution in [3.63, 3.8) is 0 Å². The van der Waals surface area contributed by atoms with Crippen LogP contribution in [-0.4, -0.2) is 22.2 Å². The van der Waals surface area contributed by atoms with E-state index in [1.165, 1.54) is 0 Å². The first-order valence-electron chi connectivity index (χ1n) is 9.85. The van der Waals surface area contributed by atoms with Crippen molar-refractivity contribution in [2.45, 2.75) is 0 Å². The molecule has 0 atom stereocenters. The summed E-state index contributed by atoms with van der Waals surface area (Å²) in [6, 6.07) is 25.8. The van der Waals surface area contributed by atoms with Crippen LogP contribution in [0.15, 0.2) is 97.2 Å².